The molecule has 21 heavy (non-hydrogen) atoms. The maximum Gasteiger partial charge on any atom is 0.417 e. The van der Waals surface area contributed by atoms with Crippen LogP contribution in [0.3, 0.4) is 0 Å². The van der Waals surface area contributed by atoms with E-state index in [0.29, 0.717) is 0 Å². The molecule has 0 saturated carbocycles. The van der Waals surface area contributed by atoms with Gasteiger partial charge in [-0.15, -0.1) is 0 Å². The van der Waals surface area contributed by atoms with Crippen molar-refractivity contribution in [3.8, 4) is 0 Å². The maximum atomic E-state index is 12.4. The molecule has 1 aliphatic heterocycles. The van der Waals surface area contributed by atoms with E-state index in [-0.39, 0.29) is 13.0 Å². The van der Waals surface area contributed by atoms with Crippen molar-refractivity contribution in [3.63, 3.8) is 0 Å². The van der Waals surface area contributed by atoms with E-state index in [1.54, 1.807) is 46.7 Å². The number of rotatable bonds is 3. The highest BCUT2D eigenvalue weighted by molar-refractivity contribution is 6.02. The Morgan fingerprint density at radius 1 is 1.33 bits per heavy atom. The molecule has 0 bridgehead atoms. The van der Waals surface area contributed by atoms with Crippen LogP contribution in [0.5, 0.6) is 0 Å². The summed E-state index contributed by atoms with van der Waals surface area (Å²) in [7, 11) is 3.45. The van der Waals surface area contributed by atoms with E-state index >= 15 is 0 Å². The fourth-order valence-electron chi connectivity index (χ4n) is 2.13. The van der Waals surface area contributed by atoms with Crippen molar-refractivity contribution in [2.24, 2.45) is 0 Å². The summed E-state index contributed by atoms with van der Waals surface area (Å²) in [6.45, 7) is 6.98. The van der Waals surface area contributed by atoms with Crippen molar-refractivity contribution in [1.82, 2.24) is 9.80 Å². The third-order valence-corrected chi connectivity index (χ3v) is 3.05. The third-order valence-electron chi connectivity index (χ3n) is 3.05. The zero-order valence-electron chi connectivity index (χ0n) is 13.5. The lowest BCUT2D eigenvalue weighted by molar-refractivity contribution is -0.151. The smallest absolute Gasteiger partial charge is 0.417 e. The van der Waals surface area contributed by atoms with E-state index in [4.69, 9.17) is 9.47 Å². The van der Waals surface area contributed by atoms with Crippen LogP contribution in [0, 0.1) is 0 Å². The fraction of sp³-hybridized carbons (Fsp3) is 0.786. The summed E-state index contributed by atoms with van der Waals surface area (Å²) in [5, 5.41) is 0. The number of amides is 2. The molecular formula is C14H24N2O5. The van der Waals surface area contributed by atoms with Crippen LogP contribution in [-0.2, 0) is 19.1 Å². The van der Waals surface area contributed by atoms with Gasteiger partial charge in [0.05, 0.1) is 12.6 Å². The lowest BCUT2D eigenvalue weighted by Gasteiger charge is -2.26. The highest BCUT2D eigenvalue weighted by Gasteiger charge is 2.49. The molecule has 0 aromatic rings. The van der Waals surface area contributed by atoms with Gasteiger partial charge in [0.15, 0.2) is 0 Å². The fourth-order valence-corrected chi connectivity index (χ4v) is 2.13. The monoisotopic (exact) mass is 300 g/mol. The second kappa shape index (κ2) is 6.43. The van der Waals surface area contributed by atoms with Gasteiger partial charge in [-0.25, -0.2) is 14.5 Å². The molecule has 0 aliphatic carbocycles. The molecule has 0 aromatic heterocycles. The summed E-state index contributed by atoms with van der Waals surface area (Å²) < 4.78 is 10.2. The van der Waals surface area contributed by atoms with Gasteiger partial charge in [0.2, 0.25) is 5.91 Å². The molecule has 0 N–H and O–H groups in total. The van der Waals surface area contributed by atoms with E-state index in [1.165, 1.54) is 0 Å². The Morgan fingerprint density at radius 3 is 2.33 bits per heavy atom. The molecule has 0 radical (unpaired) electrons. The van der Waals surface area contributed by atoms with Crippen LogP contribution in [0.4, 0.5) is 4.79 Å². The summed E-state index contributed by atoms with van der Waals surface area (Å²) in [4.78, 5) is 39.1. The lowest BCUT2D eigenvalue weighted by Crippen LogP contribution is -2.47. The molecule has 7 heteroatoms. The second-order valence-corrected chi connectivity index (χ2v) is 6.17. The molecule has 1 saturated heterocycles. The van der Waals surface area contributed by atoms with Crippen molar-refractivity contribution in [1.29, 1.82) is 0 Å². The van der Waals surface area contributed by atoms with Crippen LogP contribution in [0.2, 0.25) is 0 Å². The second-order valence-electron chi connectivity index (χ2n) is 6.17. The zero-order chi connectivity index (χ0) is 16.4. The van der Waals surface area contributed by atoms with Gasteiger partial charge >= 0.3 is 12.1 Å². The molecule has 7 nitrogen and oxygen atoms in total. The molecule has 0 aromatic carbocycles. The Labute approximate surface area is 125 Å². The molecule has 0 unspecified atom stereocenters. The van der Waals surface area contributed by atoms with Crippen LogP contribution >= 0.6 is 0 Å². The summed E-state index contributed by atoms with van der Waals surface area (Å²) in [6.07, 6.45) is -0.598. The minimum absolute atomic E-state index is 0.193. The SMILES string of the molecule is CCOC(=O)[C@H]1C[C@H](N(C)C)C(=O)N1C(=O)OC(C)(C)C. The molecule has 2 atom stereocenters. The van der Waals surface area contributed by atoms with Crippen LogP contribution in [0.15, 0.2) is 0 Å². The average Bonchev–Trinajstić information content (AvgIpc) is 2.65. The summed E-state index contributed by atoms with van der Waals surface area (Å²) in [5.41, 5.74) is -0.743. The van der Waals surface area contributed by atoms with E-state index < -0.39 is 35.7 Å². The first-order valence-corrected chi connectivity index (χ1v) is 6.97. The minimum Gasteiger partial charge on any atom is -0.464 e. The van der Waals surface area contributed by atoms with Gasteiger partial charge in [-0.2, -0.15) is 0 Å². The van der Waals surface area contributed by atoms with Crippen molar-refractivity contribution in [2.45, 2.75) is 51.8 Å². The van der Waals surface area contributed by atoms with Crippen molar-refractivity contribution in [3.05, 3.63) is 0 Å². The van der Waals surface area contributed by atoms with Crippen LogP contribution in [-0.4, -0.2) is 66.2 Å². The Morgan fingerprint density at radius 2 is 1.90 bits per heavy atom. The Kier molecular flexibility index (Phi) is 5.33. The number of hydrogen-bond acceptors (Lipinski definition) is 6. The number of ether oxygens (including phenoxy) is 2. The number of carbonyl (C=O) groups excluding carboxylic acids is 3. The predicted octanol–water partition coefficient (Wildman–Crippen LogP) is 1.02. The number of hydrogen-bond donors (Lipinski definition) is 0. The van der Waals surface area contributed by atoms with Gasteiger partial charge in [-0.05, 0) is 41.8 Å². The Balaban J connectivity index is 3.01. The number of likely N-dealkylation sites (tertiary alicyclic amines) is 1. The maximum absolute atomic E-state index is 12.4. The summed E-state index contributed by atoms with van der Waals surface area (Å²) in [6, 6.07) is -1.47. The van der Waals surface area contributed by atoms with E-state index in [0.717, 1.165) is 4.90 Å². The van der Waals surface area contributed by atoms with Gasteiger partial charge in [-0.3, -0.25) is 9.69 Å². The first-order chi connectivity index (χ1) is 9.58. The highest BCUT2D eigenvalue weighted by Crippen LogP contribution is 2.25. The van der Waals surface area contributed by atoms with E-state index in [2.05, 4.69) is 0 Å². The van der Waals surface area contributed by atoms with Gasteiger partial charge in [0, 0.05) is 6.42 Å². The van der Waals surface area contributed by atoms with Crippen molar-refractivity contribution in [2.75, 3.05) is 20.7 Å². The minimum atomic E-state index is -0.931. The number of nitrogens with zero attached hydrogens (tertiary/aromatic N) is 2. The molecule has 1 fully saturated rings. The molecule has 0 spiro atoms. The molecule has 2 amide bonds. The molecular weight excluding hydrogens is 276 g/mol. The zero-order valence-corrected chi connectivity index (χ0v) is 13.5. The average molecular weight is 300 g/mol. The number of carbonyl (C=O) groups is 3. The van der Waals surface area contributed by atoms with Gasteiger partial charge in [0.1, 0.15) is 11.6 Å². The van der Waals surface area contributed by atoms with Crippen molar-refractivity contribution < 1.29 is 23.9 Å². The van der Waals surface area contributed by atoms with Crippen LogP contribution in [0.1, 0.15) is 34.1 Å². The largest absolute Gasteiger partial charge is 0.464 e. The number of esters is 1. The van der Waals surface area contributed by atoms with Crippen LogP contribution in [0.25, 0.3) is 0 Å². The molecule has 120 valence electrons. The standard InChI is InChI=1S/C14H24N2O5/c1-7-20-12(18)10-8-9(15(5)6)11(17)16(10)13(19)21-14(2,3)4/h9-10H,7-8H2,1-6H3/t9-,10+/m0/s1. The molecule has 1 rings (SSSR count). The summed E-state index contributed by atoms with van der Waals surface area (Å²) in [5.74, 6) is -1.02. The van der Waals surface area contributed by atoms with E-state index in [9.17, 15) is 14.4 Å². The molecule has 1 heterocycles. The first-order valence-electron chi connectivity index (χ1n) is 6.97. The predicted molar refractivity (Wildman–Crippen MR) is 75.6 cm³/mol. The van der Waals surface area contributed by atoms with Gasteiger partial charge in [-0.1, -0.05) is 0 Å². The Bertz CT molecular complexity index is 428. The normalized spacial score (nSPS) is 22.6. The first kappa shape index (κ1) is 17.4. The van der Waals surface area contributed by atoms with Crippen LogP contribution < -0.4 is 0 Å². The quantitative estimate of drug-likeness (QED) is 0.724. The summed E-state index contributed by atoms with van der Waals surface area (Å²) >= 11 is 0. The van der Waals surface area contributed by atoms with E-state index in [1.807, 2.05) is 0 Å². The van der Waals surface area contributed by atoms with Gasteiger partial charge in [0.25, 0.3) is 0 Å². The highest BCUT2D eigenvalue weighted by atomic mass is 16.6. The lowest BCUT2D eigenvalue weighted by atomic mass is 10.1. The topological polar surface area (TPSA) is 76.2 Å². The number of likely N-dealkylation sites (N-methyl/N-ethyl adjacent to an activating group) is 1. The van der Waals surface area contributed by atoms with Crippen molar-refractivity contribution >= 4 is 18.0 Å². The number of imide groups is 1. The van der Waals surface area contributed by atoms with Gasteiger partial charge < -0.3 is 9.47 Å². The third kappa shape index (κ3) is 4.17. The molecule has 1 aliphatic rings. The Hall–Kier alpha value is -1.63.